The summed E-state index contributed by atoms with van der Waals surface area (Å²) in [6.45, 7) is 3.71. The number of nitrogens with one attached hydrogen (secondary N) is 2. The predicted molar refractivity (Wildman–Crippen MR) is 111 cm³/mol. The van der Waals surface area contributed by atoms with Gasteiger partial charge in [-0.15, -0.1) is 24.0 Å². The predicted octanol–water partition coefficient (Wildman–Crippen LogP) is 2.22. The molecule has 142 valence electrons. The third kappa shape index (κ3) is 8.24. The molecule has 0 aliphatic carbocycles. The standard InChI is InChI=1S/C18H29N3O3.HI/c1-19-18(21-11-13-23-14-16-7-5-12-24-16)20-10-9-15-6-3-4-8-17(15)22-2;/h3-4,6,8,16H,5,7,9-14H2,1-2H3,(H2,19,20,21);1H. The van der Waals surface area contributed by atoms with Crippen molar-refractivity contribution in [1.29, 1.82) is 0 Å². The summed E-state index contributed by atoms with van der Waals surface area (Å²) in [7, 11) is 3.47. The SMILES string of the molecule is CN=C(NCCOCC1CCCO1)NCCc1ccccc1OC.I. The van der Waals surface area contributed by atoms with E-state index in [1.54, 1.807) is 14.2 Å². The minimum Gasteiger partial charge on any atom is -0.496 e. The van der Waals surface area contributed by atoms with Crippen LogP contribution in [0.5, 0.6) is 5.75 Å². The Morgan fingerprint density at radius 2 is 2.08 bits per heavy atom. The Morgan fingerprint density at radius 3 is 2.80 bits per heavy atom. The first-order valence-electron chi connectivity index (χ1n) is 8.59. The molecule has 0 spiro atoms. The summed E-state index contributed by atoms with van der Waals surface area (Å²) in [4.78, 5) is 4.22. The fourth-order valence-electron chi connectivity index (χ4n) is 2.68. The van der Waals surface area contributed by atoms with Gasteiger partial charge in [0.15, 0.2) is 5.96 Å². The van der Waals surface area contributed by atoms with Crippen molar-refractivity contribution >= 4 is 29.9 Å². The highest BCUT2D eigenvalue weighted by Crippen LogP contribution is 2.17. The third-order valence-electron chi connectivity index (χ3n) is 3.97. The number of nitrogens with zero attached hydrogens (tertiary/aromatic N) is 1. The number of rotatable bonds is 9. The molecule has 1 aliphatic heterocycles. The van der Waals surface area contributed by atoms with Crippen LogP contribution in [0.25, 0.3) is 0 Å². The van der Waals surface area contributed by atoms with Gasteiger partial charge in [-0.2, -0.15) is 0 Å². The van der Waals surface area contributed by atoms with Crippen molar-refractivity contribution in [3.05, 3.63) is 29.8 Å². The number of methoxy groups -OCH3 is 1. The molecule has 1 fully saturated rings. The van der Waals surface area contributed by atoms with E-state index >= 15 is 0 Å². The first kappa shape index (κ1) is 22.0. The van der Waals surface area contributed by atoms with Gasteiger partial charge in [0.05, 0.1) is 26.4 Å². The van der Waals surface area contributed by atoms with Gasteiger partial charge in [0.1, 0.15) is 5.75 Å². The summed E-state index contributed by atoms with van der Waals surface area (Å²) in [5, 5.41) is 6.56. The highest BCUT2D eigenvalue weighted by molar-refractivity contribution is 14.0. The molecule has 25 heavy (non-hydrogen) atoms. The van der Waals surface area contributed by atoms with E-state index in [9.17, 15) is 0 Å². The van der Waals surface area contributed by atoms with E-state index < -0.39 is 0 Å². The minimum atomic E-state index is 0. The number of benzene rings is 1. The molecule has 0 aromatic heterocycles. The zero-order valence-electron chi connectivity index (χ0n) is 15.1. The number of ether oxygens (including phenoxy) is 3. The summed E-state index contributed by atoms with van der Waals surface area (Å²) < 4.78 is 16.5. The molecule has 1 heterocycles. The first-order chi connectivity index (χ1) is 11.8. The second-order valence-electron chi connectivity index (χ2n) is 5.70. The highest BCUT2D eigenvalue weighted by Gasteiger charge is 2.14. The molecule has 0 bridgehead atoms. The van der Waals surface area contributed by atoms with Gasteiger partial charge in [0, 0.05) is 26.7 Å². The van der Waals surface area contributed by atoms with E-state index in [1.165, 1.54) is 5.56 Å². The zero-order valence-corrected chi connectivity index (χ0v) is 17.5. The Kier molecular flexibility index (Phi) is 11.6. The topological polar surface area (TPSA) is 64.1 Å². The van der Waals surface area contributed by atoms with E-state index in [4.69, 9.17) is 14.2 Å². The van der Waals surface area contributed by atoms with Crippen LogP contribution in [0.3, 0.4) is 0 Å². The smallest absolute Gasteiger partial charge is 0.191 e. The number of aliphatic imine (C=N–C) groups is 1. The average Bonchev–Trinajstić information content (AvgIpc) is 3.13. The van der Waals surface area contributed by atoms with E-state index in [2.05, 4.69) is 21.7 Å². The number of halogens is 1. The maximum atomic E-state index is 5.63. The molecule has 0 saturated carbocycles. The van der Waals surface area contributed by atoms with Gasteiger partial charge in [0.2, 0.25) is 0 Å². The van der Waals surface area contributed by atoms with Crippen molar-refractivity contribution in [2.24, 2.45) is 4.99 Å². The van der Waals surface area contributed by atoms with Crippen molar-refractivity contribution in [1.82, 2.24) is 10.6 Å². The van der Waals surface area contributed by atoms with E-state index in [0.29, 0.717) is 13.2 Å². The normalized spacial score (nSPS) is 17.0. The molecule has 2 N–H and O–H groups in total. The van der Waals surface area contributed by atoms with Crippen LogP contribution in [0.1, 0.15) is 18.4 Å². The molecule has 7 heteroatoms. The lowest BCUT2D eigenvalue weighted by Gasteiger charge is -2.14. The van der Waals surface area contributed by atoms with E-state index in [0.717, 1.165) is 50.7 Å². The Hall–Kier alpha value is -1.06. The van der Waals surface area contributed by atoms with Gasteiger partial charge in [-0.25, -0.2) is 0 Å². The van der Waals surface area contributed by atoms with Crippen molar-refractivity contribution in [2.45, 2.75) is 25.4 Å². The summed E-state index contributed by atoms with van der Waals surface area (Å²) in [6, 6.07) is 8.06. The molecular formula is C18H30IN3O3. The van der Waals surface area contributed by atoms with E-state index in [1.807, 2.05) is 18.2 Å². The molecule has 1 unspecified atom stereocenters. The van der Waals surface area contributed by atoms with Crippen LogP contribution >= 0.6 is 24.0 Å². The number of guanidine groups is 1. The lowest BCUT2D eigenvalue weighted by Crippen LogP contribution is -2.40. The molecule has 0 radical (unpaired) electrons. The Bertz CT molecular complexity index is 508. The molecule has 6 nitrogen and oxygen atoms in total. The van der Waals surface area contributed by atoms with Gasteiger partial charge in [0.25, 0.3) is 0 Å². The fraction of sp³-hybridized carbons (Fsp3) is 0.611. The number of para-hydroxylation sites is 1. The Morgan fingerprint density at radius 1 is 1.28 bits per heavy atom. The average molecular weight is 463 g/mol. The largest absolute Gasteiger partial charge is 0.496 e. The van der Waals surface area contributed by atoms with Crippen LogP contribution in [0, 0.1) is 0 Å². The van der Waals surface area contributed by atoms with Crippen molar-refractivity contribution in [3.8, 4) is 5.75 Å². The van der Waals surface area contributed by atoms with Gasteiger partial charge in [-0.1, -0.05) is 18.2 Å². The third-order valence-corrected chi connectivity index (χ3v) is 3.97. The highest BCUT2D eigenvalue weighted by atomic mass is 127. The van der Waals surface area contributed by atoms with Gasteiger partial charge < -0.3 is 24.8 Å². The lowest BCUT2D eigenvalue weighted by atomic mass is 10.1. The summed E-state index contributed by atoms with van der Waals surface area (Å²) in [5.41, 5.74) is 1.18. The molecule has 1 aliphatic rings. The van der Waals surface area contributed by atoms with E-state index in [-0.39, 0.29) is 30.1 Å². The maximum Gasteiger partial charge on any atom is 0.191 e. The Balaban J connectivity index is 0.00000312. The molecule has 1 aromatic carbocycles. The summed E-state index contributed by atoms with van der Waals surface area (Å²) >= 11 is 0. The van der Waals surface area contributed by atoms with Crippen LogP contribution in [0.4, 0.5) is 0 Å². The fourth-order valence-corrected chi connectivity index (χ4v) is 2.68. The monoisotopic (exact) mass is 463 g/mol. The second kappa shape index (κ2) is 13.2. The lowest BCUT2D eigenvalue weighted by molar-refractivity contribution is 0.0191. The molecule has 1 atom stereocenters. The minimum absolute atomic E-state index is 0. The zero-order chi connectivity index (χ0) is 17.0. The van der Waals surface area contributed by atoms with Crippen molar-refractivity contribution < 1.29 is 14.2 Å². The second-order valence-corrected chi connectivity index (χ2v) is 5.70. The Labute approximate surface area is 167 Å². The van der Waals surface area contributed by atoms with Gasteiger partial charge in [-0.3, -0.25) is 4.99 Å². The maximum absolute atomic E-state index is 5.63. The quantitative estimate of drug-likeness (QED) is 0.255. The molecule has 2 rings (SSSR count). The summed E-state index contributed by atoms with van der Waals surface area (Å²) in [5.74, 6) is 1.70. The van der Waals surface area contributed by atoms with Crippen LogP contribution in [-0.4, -0.2) is 59.1 Å². The summed E-state index contributed by atoms with van der Waals surface area (Å²) in [6.07, 6.45) is 3.41. The van der Waals surface area contributed by atoms with Crippen LogP contribution in [-0.2, 0) is 15.9 Å². The number of hydrogen-bond acceptors (Lipinski definition) is 4. The molecule has 1 aromatic rings. The van der Waals surface area contributed by atoms with Gasteiger partial charge in [-0.05, 0) is 30.9 Å². The molecular weight excluding hydrogens is 433 g/mol. The van der Waals surface area contributed by atoms with Crippen LogP contribution in [0.15, 0.2) is 29.3 Å². The van der Waals surface area contributed by atoms with Crippen LogP contribution in [0.2, 0.25) is 0 Å². The first-order valence-corrected chi connectivity index (χ1v) is 8.59. The van der Waals surface area contributed by atoms with Crippen molar-refractivity contribution in [3.63, 3.8) is 0 Å². The molecule has 1 saturated heterocycles. The van der Waals surface area contributed by atoms with Crippen LogP contribution < -0.4 is 15.4 Å². The van der Waals surface area contributed by atoms with Crippen molar-refractivity contribution in [2.75, 3.05) is 47.1 Å². The molecule has 0 amide bonds. The van der Waals surface area contributed by atoms with Gasteiger partial charge >= 0.3 is 0 Å². The number of hydrogen-bond donors (Lipinski definition) is 2.